The molecule has 1 aliphatic heterocycles. The van der Waals surface area contributed by atoms with Gasteiger partial charge in [0.15, 0.2) is 11.5 Å². The molecule has 7 heteroatoms. The summed E-state index contributed by atoms with van der Waals surface area (Å²) in [4.78, 5) is 14.0. The first-order chi connectivity index (χ1) is 12.0. The first kappa shape index (κ1) is 17.7. The second-order valence-electron chi connectivity index (χ2n) is 5.79. The fourth-order valence-electron chi connectivity index (χ4n) is 2.57. The summed E-state index contributed by atoms with van der Waals surface area (Å²) in [5, 5.41) is 2.83. The highest BCUT2D eigenvalue weighted by molar-refractivity contribution is 9.10. The van der Waals surface area contributed by atoms with E-state index < -0.39 is 0 Å². The summed E-state index contributed by atoms with van der Waals surface area (Å²) in [6.07, 6.45) is 0. The molecule has 25 heavy (non-hydrogen) atoms. The Balaban J connectivity index is 1.61. The van der Waals surface area contributed by atoms with Crippen molar-refractivity contribution in [1.29, 1.82) is 0 Å². The topological polar surface area (TPSA) is 50.8 Å². The lowest BCUT2D eigenvalue weighted by atomic mass is 10.2. The largest absolute Gasteiger partial charge is 0.486 e. The number of halogens is 2. The molecule has 0 bridgehead atoms. The second-order valence-corrected chi connectivity index (χ2v) is 6.64. The van der Waals surface area contributed by atoms with Crippen LogP contribution in [0.2, 0.25) is 0 Å². The van der Waals surface area contributed by atoms with Crippen LogP contribution in [0.25, 0.3) is 0 Å². The van der Waals surface area contributed by atoms with Crippen molar-refractivity contribution in [3.05, 3.63) is 52.3 Å². The molecular weight excluding hydrogens is 391 g/mol. The third-order valence-corrected chi connectivity index (χ3v) is 4.37. The van der Waals surface area contributed by atoms with E-state index in [0.29, 0.717) is 47.0 Å². The number of benzene rings is 2. The number of ether oxygens (including phenoxy) is 2. The molecule has 0 spiro atoms. The average Bonchev–Trinajstić information content (AvgIpc) is 2.57. The molecule has 0 aromatic heterocycles. The van der Waals surface area contributed by atoms with Crippen molar-refractivity contribution in [3.8, 4) is 11.5 Å². The number of nitrogens with one attached hydrogen (secondary N) is 1. The number of nitrogens with zero attached hydrogens (tertiary/aromatic N) is 1. The monoisotopic (exact) mass is 408 g/mol. The predicted octanol–water partition coefficient (Wildman–Crippen LogP) is 3.43. The molecule has 2 aromatic carbocycles. The Bertz CT molecular complexity index is 785. The Kier molecular flexibility index (Phi) is 5.55. The van der Waals surface area contributed by atoms with Crippen LogP contribution in [0.4, 0.5) is 10.1 Å². The fraction of sp³-hybridized carbons (Fsp3) is 0.278. The molecule has 1 amide bonds. The minimum Gasteiger partial charge on any atom is -0.486 e. The molecular formula is C18H18BrFN2O3. The number of anilines is 1. The summed E-state index contributed by atoms with van der Waals surface area (Å²) in [5.74, 6) is 0.776. The first-order valence-corrected chi connectivity index (χ1v) is 8.63. The van der Waals surface area contributed by atoms with E-state index in [1.165, 1.54) is 6.07 Å². The highest BCUT2D eigenvalue weighted by atomic mass is 79.9. The van der Waals surface area contributed by atoms with Gasteiger partial charge in [-0.2, -0.15) is 0 Å². The van der Waals surface area contributed by atoms with Gasteiger partial charge in [0.1, 0.15) is 19.0 Å². The SMILES string of the molecule is CN(CC(=O)Nc1cc2c(cc1Br)OCCO2)Cc1ccccc1F. The quantitative estimate of drug-likeness (QED) is 0.823. The summed E-state index contributed by atoms with van der Waals surface area (Å²) < 4.78 is 25.4. The van der Waals surface area contributed by atoms with E-state index in [0.717, 1.165) is 0 Å². The first-order valence-electron chi connectivity index (χ1n) is 7.84. The lowest BCUT2D eigenvalue weighted by molar-refractivity contribution is -0.117. The Morgan fingerprint density at radius 2 is 1.92 bits per heavy atom. The van der Waals surface area contributed by atoms with Crippen molar-refractivity contribution in [2.75, 3.05) is 32.1 Å². The van der Waals surface area contributed by atoms with Crippen molar-refractivity contribution >= 4 is 27.5 Å². The Labute approximate surface area is 153 Å². The molecule has 0 fully saturated rings. The molecule has 0 radical (unpaired) electrons. The van der Waals surface area contributed by atoms with Gasteiger partial charge in [0.05, 0.1) is 12.2 Å². The van der Waals surface area contributed by atoms with Gasteiger partial charge in [-0.1, -0.05) is 18.2 Å². The van der Waals surface area contributed by atoms with Gasteiger partial charge in [0.25, 0.3) is 0 Å². The van der Waals surface area contributed by atoms with Crippen LogP contribution in [0, 0.1) is 5.82 Å². The van der Waals surface area contributed by atoms with Crippen LogP contribution < -0.4 is 14.8 Å². The van der Waals surface area contributed by atoms with E-state index in [1.807, 2.05) is 0 Å². The number of amides is 1. The van der Waals surface area contributed by atoms with Crippen molar-refractivity contribution in [2.45, 2.75) is 6.54 Å². The van der Waals surface area contributed by atoms with Crippen LogP contribution in [0.15, 0.2) is 40.9 Å². The summed E-state index contributed by atoms with van der Waals surface area (Å²) in [6, 6.07) is 10.0. The summed E-state index contributed by atoms with van der Waals surface area (Å²) in [7, 11) is 1.77. The van der Waals surface area contributed by atoms with E-state index in [1.54, 1.807) is 42.3 Å². The van der Waals surface area contributed by atoms with Crippen molar-refractivity contribution in [1.82, 2.24) is 4.90 Å². The van der Waals surface area contributed by atoms with Gasteiger partial charge in [0.2, 0.25) is 5.91 Å². The van der Waals surface area contributed by atoms with E-state index >= 15 is 0 Å². The molecule has 0 atom stereocenters. The maximum absolute atomic E-state index is 13.7. The smallest absolute Gasteiger partial charge is 0.238 e. The molecule has 1 aliphatic rings. The van der Waals surface area contributed by atoms with E-state index in [-0.39, 0.29) is 18.3 Å². The molecule has 1 N–H and O–H groups in total. The van der Waals surface area contributed by atoms with Gasteiger partial charge in [-0.3, -0.25) is 9.69 Å². The second kappa shape index (κ2) is 7.84. The highest BCUT2D eigenvalue weighted by Crippen LogP contribution is 2.38. The molecule has 3 rings (SSSR count). The number of hydrogen-bond donors (Lipinski definition) is 1. The predicted molar refractivity (Wildman–Crippen MR) is 96.5 cm³/mol. The highest BCUT2D eigenvalue weighted by Gasteiger charge is 2.17. The minimum atomic E-state index is -0.274. The van der Waals surface area contributed by atoms with Crippen molar-refractivity contribution in [2.24, 2.45) is 0 Å². The molecule has 0 aliphatic carbocycles. The normalized spacial score (nSPS) is 13.0. The number of likely N-dealkylation sites (N-methyl/N-ethyl adjacent to an activating group) is 1. The van der Waals surface area contributed by atoms with Crippen LogP contribution in [0.1, 0.15) is 5.56 Å². The summed E-state index contributed by atoms with van der Waals surface area (Å²) in [5.41, 5.74) is 1.16. The molecule has 0 saturated heterocycles. The van der Waals surface area contributed by atoms with Crippen molar-refractivity contribution < 1.29 is 18.7 Å². The Morgan fingerprint density at radius 1 is 1.24 bits per heavy atom. The average molecular weight is 409 g/mol. The van der Waals surface area contributed by atoms with Crippen molar-refractivity contribution in [3.63, 3.8) is 0 Å². The molecule has 0 unspecified atom stereocenters. The number of carbonyl (C=O) groups excluding carboxylic acids is 1. The number of fused-ring (bicyclic) bond motifs is 1. The third-order valence-electron chi connectivity index (χ3n) is 3.72. The van der Waals surface area contributed by atoms with Gasteiger partial charge in [-0.25, -0.2) is 4.39 Å². The zero-order chi connectivity index (χ0) is 17.8. The van der Waals surface area contributed by atoms with Crippen LogP contribution in [-0.2, 0) is 11.3 Å². The van der Waals surface area contributed by atoms with E-state index in [4.69, 9.17) is 9.47 Å². The van der Waals surface area contributed by atoms with Crippen LogP contribution in [0.3, 0.4) is 0 Å². The number of rotatable bonds is 5. The maximum atomic E-state index is 13.7. The molecule has 1 heterocycles. The van der Waals surface area contributed by atoms with E-state index in [2.05, 4.69) is 21.2 Å². The zero-order valence-corrected chi connectivity index (χ0v) is 15.3. The summed E-state index contributed by atoms with van der Waals surface area (Å²) in [6.45, 7) is 1.47. The number of carbonyl (C=O) groups is 1. The van der Waals surface area contributed by atoms with Gasteiger partial charge in [-0.05, 0) is 29.0 Å². The maximum Gasteiger partial charge on any atom is 0.238 e. The molecule has 5 nitrogen and oxygen atoms in total. The van der Waals surface area contributed by atoms with E-state index in [9.17, 15) is 9.18 Å². The van der Waals surface area contributed by atoms with Gasteiger partial charge < -0.3 is 14.8 Å². The van der Waals surface area contributed by atoms with Crippen LogP contribution in [0.5, 0.6) is 11.5 Å². The summed E-state index contributed by atoms with van der Waals surface area (Å²) >= 11 is 3.42. The van der Waals surface area contributed by atoms with Crippen LogP contribution >= 0.6 is 15.9 Å². The van der Waals surface area contributed by atoms with Gasteiger partial charge in [0, 0.05) is 28.7 Å². The fourth-order valence-corrected chi connectivity index (χ4v) is 2.99. The third kappa shape index (κ3) is 4.49. The van der Waals surface area contributed by atoms with Crippen LogP contribution in [-0.4, -0.2) is 37.6 Å². The van der Waals surface area contributed by atoms with Gasteiger partial charge in [-0.15, -0.1) is 0 Å². The molecule has 0 saturated carbocycles. The molecule has 2 aromatic rings. The lowest BCUT2D eigenvalue weighted by Crippen LogP contribution is -2.30. The Hall–Kier alpha value is -2.12. The van der Waals surface area contributed by atoms with Gasteiger partial charge >= 0.3 is 0 Å². The minimum absolute atomic E-state index is 0.134. The Morgan fingerprint density at radius 3 is 2.64 bits per heavy atom. The zero-order valence-electron chi connectivity index (χ0n) is 13.7. The standard InChI is InChI=1S/C18H18BrFN2O3/c1-22(10-12-4-2-3-5-14(12)20)11-18(23)21-15-9-17-16(8-13(15)19)24-6-7-25-17/h2-5,8-9H,6-7,10-11H2,1H3,(H,21,23). The number of hydrogen-bond acceptors (Lipinski definition) is 4. The lowest BCUT2D eigenvalue weighted by Gasteiger charge is -2.21. The molecule has 132 valence electrons.